The zero-order valence-electron chi connectivity index (χ0n) is 13.4. The van der Waals surface area contributed by atoms with Crippen molar-refractivity contribution in [1.82, 2.24) is 24.2 Å². The van der Waals surface area contributed by atoms with Crippen LogP contribution in [0, 0.1) is 0 Å². The lowest BCUT2D eigenvalue weighted by molar-refractivity contribution is 0.573. The third-order valence-corrected chi connectivity index (χ3v) is 5.16. The molecule has 0 aromatic carbocycles. The van der Waals surface area contributed by atoms with Gasteiger partial charge in [0.1, 0.15) is 11.3 Å². The van der Waals surface area contributed by atoms with E-state index in [4.69, 9.17) is 0 Å². The Bertz CT molecular complexity index is 922. The topological polar surface area (TPSA) is 89.8 Å². The van der Waals surface area contributed by atoms with Crippen molar-refractivity contribution < 1.29 is 8.42 Å². The predicted molar refractivity (Wildman–Crippen MR) is 92.8 cm³/mol. The van der Waals surface area contributed by atoms with Crippen LogP contribution in [0.15, 0.2) is 42.9 Å². The van der Waals surface area contributed by atoms with Gasteiger partial charge in [0.05, 0.1) is 5.75 Å². The number of fused-ring (bicyclic) bond motifs is 1. The molecule has 3 rings (SSSR count). The van der Waals surface area contributed by atoms with Crippen LogP contribution < -0.4 is 4.72 Å². The molecule has 0 atom stereocenters. The van der Waals surface area contributed by atoms with Crippen molar-refractivity contribution >= 4 is 21.2 Å². The third-order valence-electron chi connectivity index (χ3n) is 3.57. The minimum Gasteiger partial charge on any atom is -0.307 e. The summed E-state index contributed by atoms with van der Waals surface area (Å²) in [6.07, 6.45) is 5.71. The van der Waals surface area contributed by atoms with Gasteiger partial charge in [-0.1, -0.05) is 6.92 Å². The molecule has 7 nitrogen and oxygen atoms in total. The van der Waals surface area contributed by atoms with Crippen LogP contribution in [-0.4, -0.2) is 40.2 Å². The second-order valence-electron chi connectivity index (χ2n) is 5.38. The van der Waals surface area contributed by atoms with Crippen LogP contribution in [0.25, 0.3) is 22.6 Å². The van der Waals surface area contributed by atoms with Gasteiger partial charge >= 0.3 is 0 Å². The molecule has 0 radical (unpaired) electrons. The quantitative estimate of drug-likeness (QED) is 0.705. The molecular weight excluding hydrogens is 326 g/mol. The molecule has 0 unspecified atom stereocenters. The highest BCUT2D eigenvalue weighted by Gasteiger charge is 2.14. The second-order valence-corrected chi connectivity index (χ2v) is 7.31. The Kier molecular flexibility index (Phi) is 4.86. The summed E-state index contributed by atoms with van der Waals surface area (Å²) in [5.41, 5.74) is 2.43. The molecule has 0 spiro atoms. The largest absolute Gasteiger partial charge is 0.307 e. The van der Waals surface area contributed by atoms with E-state index in [2.05, 4.69) is 19.7 Å². The van der Waals surface area contributed by atoms with E-state index in [0.717, 1.165) is 22.6 Å². The smallest absolute Gasteiger partial charge is 0.211 e. The van der Waals surface area contributed by atoms with E-state index in [1.807, 2.05) is 35.8 Å². The summed E-state index contributed by atoms with van der Waals surface area (Å²) < 4.78 is 28.2. The average Bonchev–Trinajstić information content (AvgIpc) is 2.94. The molecule has 1 N–H and O–H groups in total. The van der Waals surface area contributed by atoms with Gasteiger partial charge in [0.2, 0.25) is 10.0 Å². The first-order valence-corrected chi connectivity index (χ1v) is 9.45. The average molecular weight is 345 g/mol. The first-order chi connectivity index (χ1) is 11.6. The highest BCUT2D eigenvalue weighted by molar-refractivity contribution is 7.89. The zero-order chi connectivity index (χ0) is 17.0. The Hall–Kier alpha value is -2.32. The third kappa shape index (κ3) is 3.60. The summed E-state index contributed by atoms with van der Waals surface area (Å²) >= 11 is 0. The lowest BCUT2D eigenvalue weighted by atomic mass is 10.2. The zero-order valence-corrected chi connectivity index (χ0v) is 14.2. The lowest BCUT2D eigenvalue weighted by Gasteiger charge is -2.10. The fourth-order valence-electron chi connectivity index (χ4n) is 2.55. The van der Waals surface area contributed by atoms with Crippen LogP contribution in [0.2, 0.25) is 0 Å². The first-order valence-electron chi connectivity index (χ1n) is 7.80. The van der Waals surface area contributed by atoms with Gasteiger partial charge in [0.25, 0.3) is 0 Å². The van der Waals surface area contributed by atoms with E-state index >= 15 is 0 Å². The number of sulfonamides is 1. The highest BCUT2D eigenvalue weighted by Crippen LogP contribution is 2.22. The molecule has 3 heterocycles. The molecule has 24 heavy (non-hydrogen) atoms. The molecule has 3 aromatic heterocycles. The summed E-state index contributed by atoms with van der Waals surface area (Å²) in [5.74, 6) is 0.883. The van der Waals surface area contributed by atoms with Crippen LogP contribution in [0.5, 0.6) is 0 Å². The number of nitrogens with zero attached hydrogens (tertiary/aromatic N) is 4. The van der Waals surface area contributed by atoms with Crippen molar-refractivity contribution in [3.05, 3.63) is 42.9 Å². The van der Waals surface area contributed by atoms with Crippen LogP contribution in [-0.2, 0) is 16.6 Å². The van der Waals surface area contributed by atoms with Gasteiger partial charge in [0, 0.05) is 37.2 Å². The predicted octanol–water partition coefficient (Wildman–Crippen LogP) is 1.82. The SMILES string of the molecule is CCCS(=O)(=O)NCCn1c(-c2ccncc2)nc2cccnc21. The van der Waals surface area contributed by atoms with Crippen molar-refractivity contribution in [2.24, 2.45) is 0 Å². The molecule has 0 aliphatic rings. The molecule has 126 valence electrons. The van der Waals surface area contributed by atoms with Crippen molar-refractivity contribution in [2.45, 2.75) is 19.9 Å². The summed E-state index contributed by atoms with van der Waals surface area (Å²) in [4.78, 5) is 13.0. The van der Waals surface area contributed by atoms with Crippen LogP contribution in [0.3, 0.4) is 0 Å². The van der Waals surface area contributed by atoms with E-state index in [0.29, 0.717) is 19.5 Å². The van der Waals surface area contributed by atoms with Crippen LogP contribution in [0.1, 0.15) is 13.3 Å². The summed E-state index contributed by atoms with van der Waals surface area (Å²) in [5, 5.41) is 0. The minimum atomic E-state index is -3.23. The van der Waals surface area contributed by atoms with E-state index < -0.39 is 10.0 Å². The number of hydrogen-bond acceptors (Lipinski definition) is 5. The molecular formula is C16H19N5O2S. The van der Waals surface area contributed by atoms with E-state index in [9.17, 15) is 8.42 Å². The van der Waals surface area contributed by atoms with E-state index in [1.165, 1.54) is 0 Å². The van der Waals surface area contributed by atoms with Crippen LogP contribution >= 0.6 is 0 Å². The number of hydrogen-bond donors (Lipinski definition) is 1. The number of imidazole rings is 1. The Labute approximate surface area is 140 Å². The van der Waals surface area contributed by atoms with Gasteiger partial charge in [-0.2, -0.15) is 0 Å². The Morgan fingerprint density at radius 1 is 1.17 bits per heavy atom. The Balaban J connectivity index is 1.91. The maximum atomic E-state index is 11.8. The fourth-order valence-corrected chi connectivity index (χ4v) is 3.63. The van der Waals surface area contributed by atoms with Crippen LogP contribution in [0.4, 0.5) is 0 Å². The molecule has 0 fully saturated rings. The minimum absolute atomic E-state index is 0.132. The summed E-state index contributed by atoms with van der Waals surface area (Å²) in [7, 11) is -3.23. The van der Waals surface area contributed by atoms with Crippen molar-refractivity contribution in [1.29, 1.82) is 0 Å². The van der Waals surface area contributed by atoms with Gasteiger partial charge in [-0.05, 0) is 30.7 Å². The molecule has 8 heteroatoms. The Morgan fingerprint density at radius 3 is 2.71 bits per heavy atom. The number of pyridine rings is 2. The van der Waals surface area contributed by atoms with Crippen molar-refractivity contribution in [2.75, 3.05) is 12.3 Å². The maximum Gasteiger partial charge on any atom is 0.211 e. The molecule has 0 bridgehead atoms. The standard InChI is InChI=1S/C16H19N5O2S/c1-2-12-24(22,23)19-10-11-21-15(13-5-8-17-9-6-13)20-14-4-3-7-18-16(14)21/h3-9,19H,2,10-12H2,1H3. The van der Waals surface area contributed by atoms with Gasteiger partial charge < -0.3 is 4.57 Å². The maximum absolute atomic E-state index is 11.8. The number of rotatable bonds is 7. The summed E-state index contributed by atoms with van der Waals surface area (Å²) in [6, 6.07) is 7.47. The monoisotopic (exact) mass is 345 g/mol. The van der Waals surface area contributed by atoms with E-state index in [1.54, 1.807) is 18.6 Å². The molecule has 0 aliphatic heterocycles. The van der Waals surface area contributed by atoms with Crippen molar-refractivity contribution in [3.8, 4) is 11.4 Å². The Morgan fingerprint density at radius 2 is 1.96 bits per heavy atom. The molecule has 0 saturated carbocycles. The number of aromatic nitrogens is 4. The highest BCUT2D eigenvalue weighted by atomic mass is 32.2. The summed E-state index contributed by atoms with van der Waals surface area (Å²) in [6.45, 7) is 2.59. The normalized spacial score (nSPS) is 11.9. The van der Waals surface area contributed by atoms with Gasteiger partial charge in [0.15, 0.2) is 5.65 Å². The molecule has 3 aromatic rings. The van der Waals surface area contributed by atoms with Gasteiger partial charge in [-0.25, -0.2) is 23.1 Å². The van der Waals surface area contributed by atoms with Gasteiger partial charge in [-0.15, -0.1) is 0 Å². The molecule has 0 saturated heterocycles. The van der Waals surface area contributed by atoms with Gasteiger partial charge in [-0.3, -0.25) is 4.98 Å². The van der Waals surface area contributed by atoms with E-state index in [-0.39, 0.29) is 5.75 Å². The molecule has 0 amide bonds. The first kappa shape index (κ1) is 16.5. The molecule has 0 aliphatic carbocycles. The fraction of sp³-hybridized carbons (Fsp3) is 0.312. The lowest BCUT2D eigenvalue weighted by Crippen LogP contribution is -2.29. The van der Waals surface area contributed by atoms with Crippen molar-refractivity contribution in [3.63, 3.8) is 0 Å². The number of nitrogens with one attached hydrogen (secondary N) is 1. The second kappa shape index (κ2) is 7.06.